The van der Waals surface area contributed by atoms with E-state index in [0.717, 1.165) is 11.3 Å². The van der Waals surface area contributed by atoms with Crippen molar-refractivity contribution in [2.24, 2.45) is 0 Å². The number of benzene rings is 1. The van der Waals surface area contributed by atoms with Crippen molar-refractivity contribution in [3.8, 4) is 17.0 Å². The Labute approximate surface area is 82.4 Å². The molecule has 0 aliphatic heterocycles. The molecule has 2 rings (SSSR count). The fourth-order valence-corrected chi connectivity index (χ4v) is 1.24. The van der Waals surface area contributed by atoms with Gasteiger partial charge in [0.15, 0.2) is 0 Å². The van der Waals surface area contributed by atoms with Crippen molar-refractivity contribution in [1.82, 2.24) is 9.97 Å². The van der Waals surface area contributed by atoms with Crippen LogP contribution in [0, 0.1) is 6.20 Å². The highest BCUT2D eigenvalue weighted by atomic mass is 16.5. The molecular weight excluding hydrogens is 176 g/mol. The quantitative estimate of drug-likeness (QED) is 0.717. The van der Waals surface area contributed by atoms with Crippen LogP contribution < -0.4 is 4.74 Å². The van der Waals surface area contributed by atoms with Gasteiger partial charge in [-0.2, -0.15) is 0 Å². The van der Waals surface area contributed by atoms with Crippen LogP contribution in [-0.4, -0.2) is 17.1 Å². The highest BCUT2D eigenvalue weighted by molar-refractivity contribution is 5.65. The minimum Gasteiger partial charge on any atom is -0.496 e. The summed E-state index contributed by atoms with van der Waals surface area (Å²) >= 11 is 0. The zero-order valence-corrected chi connectivity index (χ0v) is 7.77. The Bertz CT molecular complexity index is 415. The first-order valence-electron chi connectivity index (χ1n) is 4.24. The number of nitrogens with zero attached hydrogens (tertiary/aromatic N) is 2. The largest absolute Gasteiger partial charge is 0.496 e. The normalized spacial score (nSPS) is 9.79. The number of para-hydroxylation sites is 1. The molecule has 1 radical (unpaired) electrons. The lowest BCUT2D eigenvalue weighted by Crippen LogP contribution is -1.90. The number of hydrogen-bond donors (Lipinski definition) is 0. The van der Waals surface area contributed by atoms with E-state index in [-0.39, 0.29) is 0 Å². The third-order valence-corrected chi connectivity index (χ3v) is 1.88. The average Bonchev–Trinajstić information content (AvgIpc) is 2.30. The van der Waals surface area contributed by atoms with Crippen molar-refractivity contribution < 1.29 is 4.74 Å². The van der Waals surface area contributed by atoms with E-state index in [1.807, 2.05) is 24.3 Å². The average molecular weight is 185 g/mol. The Morgan fingerprint density at radius 1 is 1.21 bits per heavy atom. The van der Waals surface area contributed by atoms with Gasteiger partial charge in [-0.05, 0) is 12.1 Å². The summed E-state index contributed by atoms with van der Waals surface area (Å²) in [7, 11) is 1.63. The van der Waals surface area contributed by atoms with E-state index in [1.54, 1.807) is 19.5 Å². The summed E-state index contributed by atoms with van der Waals surface area (Å²) < 4.78 is 5.21. The predicted molar refractivity (Wildman–Crippen MR) is 52.9 cm³/mol. The molecule has 2 aromatic rings. The summed E-state index contributed by atoms with van der Waals surface area (Å²) in [5.74, 6) is 0.782. The summed E-state index contributed by atoms with van der Waals surface area (Å²) in [5.41, 5.74) is 1.60. The van der Waals surface area contributed by atoms with Crippen LogP contribution in [0.5, 0.6) is 5.75 Å². The second-order valence-electron chi connectivity index (χ2n) is 2.72. The van der Waals surface area contributed by atoms with E-state index in [1.165, 1.54) is 0 Å². The lowest BCUT2D eigenvalue weighted by Gasteiger charge is -2.05. The summed E-state index contributed by atoms with van der Waals surface area (Å²) in [5, 5.41) is 0. The van der Waals surface area contributed by atoms with Crippen LogP contribution in [0.4, 0.5) is 0 Å². The first kappa shape index (κ1) is 8.69. The molecule has 69 valence electrons. The summed E-state index contributed by atoms with van der Waals surface area (Å²) in [6.45, 7) is 0. The first-order chi connectivity index (χ1) is 6.92. The number of methoxy groups -OCH3 is 1. The van der Waals surface area contributed by atoms with E-state index in [0.29, 0.717) is 5.69 Å². The minimum atomic E-state index is 0.699. The van der Waals surface area contributed by atoms with Crippen LogP contribution in [0.25, 0.3) is 11.3 Å². The van der Waals surface area contributed by atoms with Crippen molar-refractivity contribution in [3.63, 3.8) is 0 Å². The number of rotatable bonds is 2. The van der Waals surface area contributed by atoms with Gasteiger partial charge in [-0.25, -0.2) is 0 Å². The number of ether oxygens (including phenoxy) is 1. The standard InChI is InChI=1S/C11H9N2O/c1-14-11-5-3-2-4-9(11)10-8-12-6-7-13-10/h2-7H,1H3. The highest BCUT2D eigenvalue weighted by Crippen LogP contribution is 2.26. The molecule has 0 atom stereocenters. The van der Waals surface area contributed by atoms with Gasteiger partial charge in [-0.15, -0.1) is 0 Å². The third-order valence-electron chi connectivity index (χ3n) is 1.88. The van der Waals surface area contributed by atoms with Gasteiger partial charge in [0.25, 0.3) is 0 Å². The van der Waals surface area contributed by atoms with Crippen LogP contribution in [0.3, 0.4) is 0 Å². The molecule has 1 aromatic carbocycles. The van der Waals surface area contributed by atoms with Gasteiger partial charge in [0.1, 0.15) is 17.6 Å². The van der Waals surface area contributed by atoms with Crippen molar-refractivity contribution in [1.29, 1.82) is 0 Å². The maximum Gasteiger partial charge on any atom is 0.128 e. The minimum absolute atomic E-state index is 0.699. The molecule has 14 heavy (non-hydrogen) atoms. The zero-order chi connectivity index (χ0) is 9.80. The maximum atomic E-state index is 5.21. The molecule has 1 heterocycles. The second-order valence-corrected chi connectivity index (χ2v) is 2.72. The molecule has 0 saturated heterocycles. The topological polar surface area (TPSA) is 35.0 Å². The van der Waals surface area contributed by atoms with Crippen LogP contribution in [-0.2, 0) is 0 Å². The summed E-state index contributed by atoms with van der Waals surface area (Å²) in [6, 6.07) is 7.66. The molecule has 0 saturated carbocycles. The molecule has 1 aromatic heterocycles. The molecule has 0 aliphatic carbocycles. The monoisotopic (exact) mass is 185 g/mol. The van der Waals surface area contributed by atoms with Crippen molar-refractivity contribution in [2.45, 2.75) is 0 Å². The van der Waals surface area contributed by atoms with E-state index < -0.39 is 0 Å². The van der Waals surface area contributed by atoms with Gasteiger partial charge >= 0.3 is 0 Å². The van der Waals surface area contributed by atoms with Gasteiger partial charge in [0, 0.05) is 18.0 Å². The lowest BCUT2D eigenvalue weighted by molar-refractivity contribution is 0.416. The van der Waals surface area contributed by atoms with Crippen molar-refractivity contribution in [3.05, 3.63) is 42.9 Å². The molecule has 0 fully saturated rings. The Kier molecular flexibility index (Phi) is 2.40. The third kappa shape index (κ3) is 1.57. The number of aromatic nitrogens is 2. The van der Waals surface area contributed by atoms with Gasteiger partial charge < -0.3 is 4.74 Å². The van der Waals surface area contributed by atoms with Crippen LogP contribution in [0.1, 0.15) is 0 Å². The summed E-state index contributed by atoms with van der Waals surface area (Å²) in [4.78, 5) is 8.05. The maximum absolute atomic E-state index is 5.21. The van der Waals surface area contributed by atoms with Crippen LogP contribution in [0.2, 0.25) is 0 Å². The Hall–Kier alpha value is -1.90. The molecule has 0 aliphatic rings. The Morgan fingerprint density at radius 3 is 2.79 bits per heavy atom. The Morgan fingerprint density at radius 2 is 2.07 bits per heavy atom. The fourth-order valence-electron chi connectivity index (χ4n) is 1.24. The smallest absolute Gasteiger partial charge is 0.128 e. The van der Waals surface area contributed by atoms with Gasteiger partial charge in [-0.1, -0.05) is 12.1 Å². The zero-order valence-electron chi connectivity index (χ0n) is 7.77. The Balaban J connectivity index is 2.51. The summed E-state index contributed by atoms with van der Waals surface area (Å²) in [6.07, 6.45) is 6.05. The molecule has 0 amide bonds. The lowest BCUT2D eigenvalue weighted by atomic mass is 10.1. The molecular formula is C11H9N2O. The molecule has 0 unspecified atom stereocenters. The van der Waals surface area contributed by atoms with E-state index in [9.17, 15) is 0 Å². The number of hydrogen-bond acceptors (Lipinski definition) is 3. The molecule has 0 N–H and O–H groups in total. The molecule has 0 bridgehead atoms. The predicted octanol–water partition coefficient (Wildman–Crippen LogP) is 1.95. The second kappa shape index (κ2) is 3.87. The SMILES string of the molecule is COc1ccccc1-c1[c]nccn1. The van der Waals surface area contributed by atoms with E-state index in [2.05, 4.69) is 16.2 Å². The highest BCUT2D eigenvalue weighted by Gasteiger charge is 2.05. The van der Waals surface area contributed by atoms with E-state index >= 15 is 0 Å². The fraction of sp³-hybridized carbons (Fsp3) is 0.0909. The van der Waals surface area contributed by atoms with Gasteiger partial charge in [0.05, 0.1) is 7.11 Å². The van der Waals surface area contributed by atoms with E-state index in [4.69, 9.17) is 4.74 Å². The van der Waals surface area contributed by atoms with Crippen LogP contribution >= 0.6 is 0 Å². The van der Waals surface area contributed by atoms with Crippen LogP contribution in [0.15, 0.2) is 36.7 Å². The molecule has 3 heteroatoms. The first-order valence-corrected chi connectivity index (χ1v) is 4.24. The van der Waals surface area contributed by atoms with Gasteiger partial charge in [-0.3, -0.25) is 9.97 Å². The van der Waals surface area contributed by atoms with Crippen molar-refractivity contribution >= 4 is 0 Å². The van der Waals surface area contributed by atoms with Gasteiger partial charge in [0.2, 0.25) is 0 Å². The van der Waals surface area contributed by atoms with Crippen molar-refractivity contribution in [2.75, 3.05) is 7.11 Å². The molecule has 0 spiro atoms. The molecule has 3 nitrogen and oxygen atoms in total.